The van der Waals surface area contributed by atoms with Gasteiger partial charge in [0.25, 0.3) is 0 Å². The lowest BCUT2D eigenvalue weighted by atomic mass is 10.1. The number of rotatable bonds is 6. The maximum Gasteiger partial charge on any atom is 0.339 e. The van der Waals surface area contributed by atoms with E-state index in [9.17, 15) is 4.79 Å². The van der Waals surface area contributed by atoms with E-state index in [1.165, 1.54) is 12.3 Å². The molecule has 4 nitrogen and oxygen atoms in total. The van der Waals surface area contributed by atoms with Crippen LogP contribution < -0.4 is 5.32 Å². The SMILES string of the molecule is CCC(C)CNCc1occc1C(=O)O. The summed E-state index contributed by atoms with van der Waals surface area (Å²) in [5.41, 5.74) is 0.242. The molecule has 15 heavy (non-hydrogen) atoms. The highest BCUT2D eigenvalue weighted by Crippen LogP contribution is 2.10. The fraction of sp³-hybridized carbons (Fsp3) is 0.545. The van der Waals surface area contributed by atoms with E-state index in [1.54, 1.807) is 0 Å². The molecule has 0 bridgehead atoms. The van der Waals surface area contributed by atoms with Crippen LogP contribution in [-0.4, -0.2) is 17.6 Å². The second-order valence-electron chi connectivity index (χ2n) is 3.71. The third-order valence-corrected chi connectivity index (χ3v) is 2.45. The van der Waals surface area contributed by atoms with Gasteiger partial charge in [0.15, 0.2) is 0 Å². The van der Waals surface area contributed by atoms with E-state index >= 15 is 0 Å². The molecule has 0 saturated carbocycles. The zero-order valence-electron chi connectivity index (χ0n) is 9.12. The van der Waals surface area contributed by atoms with Gasteiger partial charge in [-0.15, -0.1) is 0 Å². The average Bonchev–Trinajstić information content (AvgIpc) is 2.65. The molecule has 0 spiro atoms. The largest absolute Gasteiger partial charge is 0.478 e. The number of carbonyl (C=O) groups is 1. The molecule has 0 fully saturated rings. The molecule has 1 atom stereocenters. The number of aromatic carboxylic acids is 1. The normalized spacial score (nSPS) is 12.7. The average molecular weight is 211 g/mol. The van der Waals surface area contributed by atoms with Crippen molar-refractivity contribution in [2.24, 2.45) is 5.92 Å². The Hall–Kier alpha value is -1.29. The quantitative estimate of drug-likeness (QED) is 0.756. The van der Waals surface area contributed by atoms with Crippen molar-refractivity contribution in [3.8, 4) is 0 Å². The van der Waals surface area contributed by atoms with Gasteiger partial charge in [0.1, 0.15) is 11.3 Å². The van der Waals surface area contributed by atoms with Crippen molar-refractivity contribution < 1.29 is 14.3 Å². The highest BCUT2D eigenvalue weighted by Gasteiger charge is 2.12. The first-order chi connectivity index (χ1) is 7.15. The highest BCUT2D eigenvalue weighted by molar-refractivity contribution is 5.88. The van der Waals surface area contributed by atoms with Crippen molar-refractivity contribution in [1.29, 1.82) is 0 Å². The highest BCUT2D eigenvalue weighted by atomic mass is 16.4. The molecule has 0 aliphatic carbocycles. The third kappa shape index (κ3) is 3.40. The molecule has 1 heterocycles. The summed E-state index contributed by atoms with van der Waals surface area (Å²) in [6.07, 6.45) is 2.51. The van der Waals surface area contributed by atoms with Gasteiger partial charge in [-0.05, 0) is 18.5 Å². The first-order valence-electron chi connectivity index (χ1n) is 5.15. The Morgan fingerprint density at radius 1 is 1.67 bits per heavy atom. The summed E-state index contributed by atoms with van der Waals surface area (Å²) in [5, 5.41) is 12.0. The zero-order valence-corrected chi connectivity index (χ0v) is 9.12. The number of furan rings is 1. The molecular formula is C11H17NO3. The Morgan fingerprint density at radius 2 is 2.40 bits per heavy atom. The molecule has 0 aromatic carbocycles. The molecule has 1 aromatic heterocycles. The number of nitrogens with one attached hydrogen (secondary N) is 1. The van der Waals surface area contributed by atoms with Crippen LogP contribution in [0.25, 0.3) is 0 Å². The van der Waals surface area contributed by atoms with Crippen molar-refractivity contribution in [3.63, 3.8) is 0 Å². The molecular weight excluding hydrogens is 194 g/mol. The summed E-state index contributed by atoms with van der Waals surface area (Å²) in [5.74, 6) is 0.142. The van der Waals surface area contributed by atoms with Crippen LogP contribution in [0.5, 0.6) is 0 Å². The molecule has 1 rings (SSSR count). The van der Waals surface area contributed by atoms with E-state index in [-0.39, 0.29) is 5.56 Å². The van der Waals surface area contributed by atoms with Gasteiger partial charge in [0.05, 0.1) is 12.8 Å². The summed E-state index contributed by atoms with van der Waals surface area (Å²) in [7, 11) is 0. The van der Waals surface area contributed by atoms with Gasteiger partial charge in [-0.1, -0.05) is 20.3 Å². The minimum Gasteiger partial charge on any atom is -0.478 e. The van der Waals surface area contributed by atoms with Crippen molar-refractivity contribution in [1.82, 2.24) is 5.32 Å². The lowest BCUT2D eigenvalue weighted by Crippen LogP contribution is -2.21. The fourth-order valence-electron chi connectivity index (χ4n) is 1.24. The van der Waals surface area contributed by atoms with Gasteiger partial charge in [-0.3, -0.25) is 0 Å². The molecule has 1 unspecified atom stereocenters. The third-order valence-electron chi connectivity index (χ3n) is 2.45. The molecule has 0 amide bonds. The minimum atomic E-state index is -0.941. The fourth-order valence-corrected chi connectivity index (χ4v) is 1.24. The summed E-state index contributed by atoms with van der Waals surface area (Å²) < 4.78 is 5.10. The second-order valence-corrected chi connectivity index (χ2v) is 3.71. The zero-order chi connectivity index (χ0) is 11.3. The summed E-state index contributed by atoms with van der Waals surface area (Å²) in [4.78, 5) is 10.7. The maximum absolute atomic E-state index is 10.7. The Morgan fingerprint density at radius 3 is 3.00 bits per heavy atom. The Balaban J connectivity index is 2.44. The molecule has 0 radical (unpaired) electrons. The molecule has 4 heteroatoms. The first-order valence-corrected chi connectivity index (χ1v) is 5.15. The summed E-state index contributed by atoms with van der Waals surface area (Å²) >= 11 is 0. The van der Waals surface area contributed by atoms with Gasteiger partial charge in [0, 0.05) is 0 Å². The number of carboxylic acid groups (broad SMARTS) is 1. The van der Waals surface area contributed by atoms with E-state index in [0.29, 0.717) is 18.2 Å². The summed E-state index contributed by atoms with van der Waals surface area (Å²) in [6.45, 7) is 5.62. The molecule has 2 N–H and O–H groups in total. The Labute approximate surface area is 89.3 Å². The maximum atomic E-state index is 10.7. The molecule has 0 aliphatic rings. The van der Waals surface area contributed by atoms with Crippen LogP contribution in [0, 0.1) is 5.92 Å². The van der Waals surface area contributed by atoms with Crippen LogP contribution in [0.4, 0.5) is 0 Å². The standard InChI is InChI=1S/C11H17NO3/c1-3-8(2)6-12-7-10-9(11(13)14)4-5-15-10/h4-5,8,12H,3,6-7H2,1-2H3,(H,13,14). The van der Waals surface area contributed by atoms with Crippen molar-refractivity contribution in [2.75, 3.05) is 6.54 Å². The molecule has 0 aliphatic heterocycles. The van der Waals surface area contributed by atoms with Crippen LogP contribution >= 0.6 is 0 Å². The van der Waals surface area contributed by atoms with E-state index in [4.69, 9.17) is 9.52 Å². The van der Waals surface area contributed by atoms with E-state index in [2.05, 4.69) is 19.2 Å². The van der Waals surface area contributed by atoms with Gasteiger partial charge in [-0.25, -0.2) is 4.79 Å². The lowest BCUT2D eigenvalue weighted by molar-refractivity contribution is 0.0694. The Kier molecular flexibility index (Phi) is 4.37. The smallest absolute Gasteiger partial charge is 0.339 e. The monoisotopic (exact) mass is 211 g/mol. The van der Waals surface area contributed by atoms with Crippen LogP contribution in [0.15, 0.2) is 16.7 Å². The van der Waals surface area contributed by atoms with Crippen molar-refractivity contribution in [3.05, 3.63) is 23.7 Å². The van der Waals surface area contributed by atoms with Crippen molar-refractivity contribution >= 4 is 5.97 Å². The van der Waals surface area contributed by atoms with Gasteiger partial charge < -0.3 is 14.8 Å². The predicted octanol–water partition coefficient (Wildman–Crippen LogP) is 2.11. The predicted molar refractivity (Wildman–Crippen MR) is 56.8 cm³/mol. The number of carboxylic acids is 1. The molecule has 0 saturated heterocycles. The molecule has 84 valence electrons. The van der Waals surface area contributed by atoms with Gasteiger partial charge >= 0.3 is 5.97 Å². The van der Waals surface area contributed by atoms with E-state index in [1.807, 2.05) is 0 Å². The van der Waals surface area contributed by atoms with E-state index < -0.39 is 5.97 Å². The van der Waals surface area contributed by atoms with E-state index in [0.717, 1.165) is 13.0 Å². The molecule has 1 aromatic rings. The Bertz CT molecular complexity index is 319. The van der Waals surface area contributed by atoms with Gasteiger partial charge in [0.2, 0.25) is 0 Å². The summed E-state index contributed by atoms with van der Waals surface area (Å²) in [6, 6.07) is 1.47. The number of hydrogen-bond acceptors (Lipinski definition) is 3. The second kappa shape index (κ2) is 5.56. The van der Waals surface area contributed by atoms with Gasteiger partial charge in [-0.2, -0.15) is 0 Å². The first kappa shape index (κ1) is 11.8. The van der Waals surface area contributed by atoms with Crippen LogP contribution in [0.2, 0.25) is 0 Å². The van der Waals surface area contributed by atoms with Crippen LogP contribution in [0.1, 0.15) is 36.4 Å². The minimum absolute atomic E-state index is 0.242. The number of hydrogen-bond donors (Lipinski definition) is 2. The topological polar surface area (TPSA) is 62.5 Å². The lowest BCUT2D eigenvalue weighted by Gasteiger charge is -2.08. The van der Waals surface area contributed by atoms with Crippen LogP contribution in [-0.2, 0) is 6.54 Å². The van der Waals surface area contributed by atoms with Crippen LogP contribution in [0.3, 0.4) is 0 Å². The van der Waals surface area contributed by atoms with Crippen molar-refractivity contribution in [2.45, 2.75) is 26.8 Å².